The van der Waals surface area contributed by atoms with Crippen molar-refractivity contribution in [1.82, 2.24) is 9.80 Å². The zero-order valence-corrected chi connectivity index (χ0v) is 16.9. The molecule has 3 aliphatic carbocycles. The fraction of sp³-hybridized carbons (Fsp3) is 0.818. The van der Waals surface area contributed by atoms with Crippen molar-refractivity contribution in [1.29, 1.82) is 0 Å². The molecular weight excluding hydrogens is 324 g/mol. The Morgan fingerprint density at radius 2 is 1.81 bits per heavy atom. The standard InChI is InChI=1S/C22H34N2O2/c1-21-12-10-20(26)24(14-13-23(3)4)18(21)7-5-15-16-6-8-19(25)22(16,2)11-9-17(15)21/h7,15-17H,5-6,8-14H2,1-4H3/t15-,16-,17-,21+,22-/m0/s1. The summed E-state index contributed by atoms with van der Waals surface area (Å²) in [5.74, 6) is 2.61. The van der Waals surface area contributed by atoms with Gasteiger partial charge in [-0.25, -0.2) is 0 Å². The van der Waals surface area contributed by atoms with E-state index in [4.69, 9.17) is 0 Å². The van der Waals surface area contributed by atoms with E-state index in [9.17, 15) is 9.59 Å². The summed E-state index contributed by atoms with van der Waals surface area (Å²) in [6.45, 7) is 6.34. The summed E-state index contributed by atoms with van der Waals surface area (Å²) in [5, 5.41) is 0. The lowest BCUT2D eigenvalue weighted by Gasteiger charge is -2.57. The van der Waals surface area contributed by atoms with Crippen LogP contribution >= 0.6 is 0 Å². The minimum absolute atomic E-state index is 0.0715. The number of hydrogen-bond donors (Lipinski definition) is 0. The van der Waals surface area contributed by atoms with Crippen LogP contribution in [0.15, 0.2) is 11.8 Å². The number of ketones is 1. The molecule has 0 radical (unpaired) electrons. The van der Waals surface area contributed by atoms with Crippen molar-refractivity contribution in [3.63, 3.8) is 0 Å². The number of likely N-dealkylation sites (N-methyl/N-ethyl adjacent to an activating group) is 1. The Labute approximate surface area is 158 Å². The monoisotopic (exact) mass is 358 g/mol. The van der Waals surface area contributed by atoms with Crippen molar-refractivity contribution in [3.05, 3.63) is 11.8 Å². The van der Waals surface area contributed by atoms with Crippen LogP contribution in [0.5, 0.6) is 0 Å². The number of allylic oxidation sites excluding steroid dienone is 2. The Bertz CT molecular complexity index is 655. The van der Waals surface area contributed by atoms with Gasteiger partial charge in [-0.15, -0.1) is 0 Å². The van der Waals surface area contributed by atoms with Gasteiger partial charge in [0.25, 0.3) is 0 Å². The molecular formula is C22H34N2O2. The molecule has 26 heavy (non-hydrogen) atoms. The molecule has 4 nitrogen and oxygen atoms in total. The van der Waals surface area contributed by atoms with E-state index in [1.54, 1.807) is 0 Å². The highest BCUT2D eigenvalue weighted by Gasteiger charge is 2.59. The summed E-state index contributed by atoms with van der Waals surface area (Å²) in [5.41, 5.74) is 1.33. The van der Waals surface area contributed by atoms with Crippen LogP contribution in [-0.2, 0) is 9.59 Å². The lowest BCUT2D eigenvalue weighted by molar-refractivity contribution is -0.139. The number of likely N-dealkylation sites (tertiary alicyclic amines) is 1. The van der Waals surface area contributed by atoms with Crippen molar-refractivity contribution in [2.45, 2.75) is 58.8 Å². The Morgan fingerprint density at radius 3 is 2.54 bits per heavy atom. The fourth-order valence-corrected chi connectivity index (χ4v) is 6.76. The van der Waals surface area contributed by atoms with E-state index in [1.807, 2.05) is 0 Å². The molecule has 144 valence electrons. The molecule has 0 bridgehead atoms. The number of fused-ring (bicyclic) bond motifs is 5. The molecule has 0 N–H and O–H groups in total. The third-order valence-corrected chi connectivity index (χ3v) is 8.35. The lowest BCUT2D eigenvalue weighted by atomic mass is 9.50. The van der Waals surface area contributed by atoms with Crippen LogP contribution < -0.4 is 0 Å². The maximum absolute atomic E-state index is 12.7. The van der Waals surface area contributed by atoms with Crippen LogP contribution in [-0.4, -0.2) is 48.7 Å². The largest absolute Gasteiger partial charge is 0.315 e. The molecule has 1 amide bonds. The van der Waals surface area contributed by atoms with Crippen molar-refractivity contribution < 1.29 is 9.59 Å². The first kappa shape index (κ1) is 18.2. The van der Waals surface area contributed by atoms with E-state index >= 15 is 0 Å². The van der Waals surface area contributed by atoms with Gasteiger partial charge in [0, 0.05) is 42.5 Å². The Hall–Kier alpha value is -1.16. The van der Waals surface area contributed by atoms with Gasteiger partial charge in [-0.2, -0.15) is 0 Å². The highest BCUT2D eigenvalue weighted by atomic mass is 16.2. The molecule has 4 rings (SSSR count). The topological polar surface area (TPSA) is 40.6 Å². The first-order valence-corrected chi connectivity index (χ1v) is 10.5. The Morgan fingerprint density at radius 1 is 1.08 bits per heavy atom. The number of nitrogens with zero attached hydrogens (tertiary/aromatic N) is 2. The SMILES string of the molecule is CN(C)CCN1C(=O)CC[C@@]2(C)C1=CC[C@@H]1[C@@H]2CC[C@]2(C)C(=O)CC[C@@H]12. The van der Waals surface area contributed by atoms with E-state index < -0.39 is 0 Å². The number of piperidine rings is 1. The van der Waals surface area contributed by atoms with Crippen LogP contribution in [0.25, 0.3) is 0 Å². The average molecular weight is 359 g/mol. The second-order valence-corrected chi connectivity index (χ2v) is 9.89. The molecule has 0 aromatic rings. The Kier molecular flexibility index (Phi) is 4.33. The lowest BCUT2D eigenvalue weighted by Crippen LogP contribution is -2.55. The average Bonchev–Trinajstić information content (AvgIpc) is 2.89. The molecule has 1 saturated heterocycles. The van der Waals surface area contributed by atoms with Gasteiger partial charge in [-0.1, -0.05) is 19.9 Å². The normalized spacial score (nSPS) is 42.4. The molecule has 0 aromatic heterocycles. The zero-order valence-electron chi connectivity index (χ0n) is 16.9. The highest BCUT2D eigenvalue weighted by molar-refractivity contribution is 5.87. The van der Waals surface area contributed by atoms with E-state index in [-0.39, 0.29) is 10.8 Å². The molecule has 0 unspecified atom stereocenters. The number of Topliss-reactive ketones (excluding diaryl/α,β-unsaturated/α-hetero) is 1. The van der Waals surface area contributed by atoms with Crippen molar-refractivity contribution in [2.75, 3.05) is 27.2 Å². The van der Waals surface area contributed by atoms with Gasteiger partial charge in [-0.05, 0) is 64.0 Å². The molecule has 0 spiro atoms. The molecule has 4 heteroatoms. The first-order valence-electron chi connectivity index (χ1n) is 10.5. The summed E-state index contributed by atoms with van der Waals surface area (Å²) >= 11 is 0. The van der Waals surface area contributed by atoms with Crippen molar-refractivity contribution in [2.24, 2.45) is 28.6 Å². The smallest absolute Gasteiger partial charge is 0.226 e. The summed E-state index contributed by atoms with van der Waals surface area (Å²) < 4.78 is 0. The van der Waals surface area contributed by atoms with Crippen LogP contribution in [0.4, 0.5) is 0 Å². The van der Waals surface area contributed by atoms with Crippen LogP contribution in [0.2, 0.25) is 0 Å². The molecule has 1 heterocycles. The van der Waals surface area contributed by atoms with Gasteiger partial charge in [0.1, 0.15) is 5.78 Å². The second-order valence-electron chi connectivity index (χ2n) is 9.89. The van der Waals surface area contributed by atoms with E-state index in [2.05, 4.69) is 43.8 Å². The van der Waals surface area contributed by atoms with Gasteiger partial charge in [0.2, 0.25) is 5.91 Å². The van der Waals surface area contributed by atoms with E-state index in [0.717, 1.165) is 51.6 Å². The van der Waals surface area contributed by atoms with Crippen molar-refractivity contribution >= 4 is 11.7 Å². The quantitative estimate of drug-likeness (QED) is 0.775. The summed E-state index contributed by atoms with van der Waals surface area (Å²) in [6, 6.07) is 0. The Balaban J connectivity index is 1.65. The first-order chi connectivity index (χ1) is 12.3. The number of carbonyl (C=O) groups excluding carboxylic acids is 2. The highest BCUT2D eigenvalue weighted by Crippen LogP contribution is 2.63. The van der Waals surface area contributed by atoms with Gasteiger partial charge in [0.15, 0.2) is 0 Å². The predicted octanol–water partition coefficient (Wildman–Crippen LogP) is 3.48. The van der Waals surface area contributed by atoms with Crippen LogP contribution in [0, 0.1) is 28.6 Å². The maximum atomic E-state index is 12.7. The van der Waals surface area contributed by atoms with Crippen molar-refractivity contribution in [3.8, 4) is 0 Å². The van der Waals surface area contributed by atoms with E-state index in [1.165, 1.54) is 5.70 Å². The maximum Gasteiger partial charge on any atom is 0.226 e. The predicted molar refractivity (Wildman–Crippen MR) is 102 cm³/mol. The van der Waals surface area contributed by atoms with Gasteiger partial charge >= 0.3 is 0 Å². The number of rotatable bonds is 3. The minimum atomic E-state index is -0.0715. The van der Waals surface area contributed by atoms with Gasteiger partial charge < -0.3 is 9.80 Å². The van der Waals surface area contributed by atoms with Gasteiger partial charge in [-0.3, -0.25) is 9.59 Å². The molecule has 4 aliphatic rings. The third kappa shape index (κ3) is 2.51. The summed E-state index contributed by atoms with van der Waals surface area (Å²) in [6.07, 6.45) is 9.14. The minimum Gasteiger partial charge on any atom is -0.315 e. The molecule has 2 saturated carbocycles. The van der Waals surface area contributed by atoms with E-state index in [0.29, 0.717) is 35.9 Å². The molecule has 3 fully saturated rings. The molecule has 1 aliphatic heterocycles. The number of hydrogen-bond acceptors (Lipinski definition) is 3. The van der Waals surface area contributed by atoms with Crippen LogP contribution in [0.1, 0.15) is 58.8 Å². The summed E-state index contributed by atoms with van der Waals surface area (Å²) in [4.78, 5) is 29.4. The summed E-state index contributed by atoms with van der Waals surface area (Å²) in [7, 11) is 4.13. The fourth-order valence-electron chi connectivity index (χ4n) is 6.76. The zero-order chi connectivity index (χ0) is 18.7. The third-order valence-electron chi connectivity index (χ3n) is 8.35. The number of carbonyl (C=O) groups is 2. The number of amides is 1. The molecule has 0 aromatic carbocycles. The van der Waals surface area contributed by atoms with Crippen LogP contribution in [0.3, 0.4) is 0 Å². The van der Waals surface area contributed by atoms with Gasteiger partial charge in [0.05, 0.1) is 0 Å². The molecule has 5 atom stereocenters. The second kappa shape index (κ2) is 6.19.